The van der Waals surface area contributed by atoms with Gasteiger partial charge in [0.15, 0.2) is 0 Å². The number of hydrogen-bond acceptors (Lipinski definition) is 4. The third-order valence-electron chi connectivity index (χ3n) is 3.25. The first-order chi connectivity index (χ1) is 8.61. The van der Waals surface area contributed by atoms with Crippen molar-refractivity contribution in [2.75, 3.05) is 20.3 Å². The van der Waals surface area contributed by atoms with E-state index in [1.807, 2.05) is 6.92 Å². The van der Waals surface area contributed by atoms with E-state index in [2.05, 4.69) is 4.90 Å². The standard InChI is InChI=1S/C13H19NO4/c1-9-10(7-12(18-9)13(15)16)8-14(5-6-17-2)11-3-4-11/h7,11H,3-6,8H2,1-2H3,(H,15,16). The van der Waals surface area contributed by atoms with Gasteiger partial charge in [-0.3, -0.25) is 4.90 Å². The molecule has 1 aliphatic carbocycles. The Labute approximate surface area is 106 Å². The maximum atomic E-state index is 10.8. The highest BCUT2D eigenvalue weighted by Gasteiger charge is 2.29. The van der Waals surface area contributed by atoms with Crippen LogP contribution < -0.4 is 0 Å². The number of methoxy groups -OCH3 is 1. The number of nitrogens with zero attached hydrogens (tertiary/aromatic N) is 1. The summed E-state index contributed by atoms with van der Waals surface area (Å²) in [4.78, 5) is 13.2. The fraction of sp³-hybridized carbons (Fsp3) is 0.615. The van der Waals surface area contributed by atoms with E-state index in [4.69, 9.17) is 14.3 Å². The van der Waals surface area contributed by atoms with Crippen molar-refractivity contribution in [3.05, 3.63) is 23.2 Å². The monoisotopic (exact) mass is 253 g/mol. The Kier molecular flexibility index (Phi) is 4.04. The molecular formula is C13H19NO4. The van der Waals surface area contributed by atoms with Crippen LogP contribution in [0, 0.1) is 6.92 Å². The van der Waals surface area contributed by atoms with Crippen molar-refractivity contribution in [3.8, 4) is 0 Å². The molecule has 1 N–H and O–H groups in total. The second kappa shape index (κ2) is 5.54. The van der Waals surface area contributed by atoms with Crippen LogP contribution in [0.15, 0.2) is 10.5 Å². The number of aromatic carboxylic acids is 1. The van der Waals surface area contributed by atoms with Crippen LogP contribution in [0.1, 0.15) is 34.7 Å². The van der Waals surface area contributed by atoms with Gasteiger partial charge in [-0.25, -0.2) is 4.79 Å². The Hall–Kier alpha value is -1.33. The van der Waals surface area contributed by atoms with E-state index in [1.54, 1.807) is 13.2 Å². The normalized spacial score (nSPS) is 15.3. The third-order valence-corrected chi connectivity index (χ3v) is 3.25. The highest BCUT2D eigenvalue weighted by atomic mass is 16.5. The maximum Gasteiger partial charge on any atom is 0.371 e. The first-order valence-electron chi connectivity index (χ1n) is 6.17. The number of ether oxygens (including phenoxy) is 1. The molecule has 0 unspecified atom stereocenters. The summed E-state index contributed by atoms with van der Waals surface area (Å²) >= 11 is 0. The van der Waals surface area contributed by atoms with Gasteiger partial charge in [0.25, 0.3) is 0 Å². The number of rotatable bonds is 7. The van der Waals surface area contributed by atoms with Crippen LogP contribution in [-0.4, -0.2) is 42.3 Å². The Balaban J connectivity index is 2.03. The van der Waals surface area contributed by atoms with Crippen molar-refractivity contribution in [2.45, 2.75) is 32.4 Å². The molecule has 2 rings (SSSR count). The first-order valence-corrected chi connectivity index (χ1v) is 6.17. The van der Waals surface area contributed by atoms with Gasteiger partial charge in [-0.05, 0) is 25.8 Å². The van der Waals surface area contributed by atoms with Crippen molar-refractivity contribution in [2.24, 2.45) is 0 Å². The Morgan fingerprint density at radius 2 is 2.33 bits per heavy atom. The van der Waals surface area contributed by atoms with Gasteiger partial charge < -0.3 is 14.3 Å². The zero-order chi connectivity index (χ0) is 13.1. The Morgan fingerprint density at radius 1 is 1.61 bits per heavy atom. The quantitative estimate of drug-likeness (QED) is 0.804. The summed E-state index contributed by atoms with van der Waals surface area (Å²) in [6, 6.07) is 2.24. The van der Waals surface area contributed by atoms with Gasteiger partial charge >= 0.3 is 5.97 Å². The van der Waals surface area contributed by atoms with Crippen LogP contribution in [0.3, 0.4) is 0 Å². The molecule has 18 heavy (non-hydrogen) atoms. The van der Waals surface area contributed by atoms with E-state index in [-0.39, 0.29) is 5.76 Å². The van der Waals surface area contributed by atoms with Gasteiger partial charge in [-0.2, -0.15) is 0 Å². The molecule has 0 amide bonds. The number of furan rings is 1. The van der Waals surface area contributed by atoms with Crippen molar-refractivity contribution in [3.63, 3.8) is 0 Å². The number of aryl methyl sites for hydroxylation is 1. The molecule has 100 valence electrons. The average molecular weight is 253 g/mol. The molecule has 0 aliphatic heterocycles. The van der Waals surface area contributed by atoms with E-state index in [0.29, 0.717) is 18.4 Å². The third kappa shape index (κ3) is 3.11. The van der Waals surface area contributed by atoms with Crippen molar-refractivity contribution in [1.29, 1.82) is 0 Å². The van der Waals surface area contributed by atoms with E-state index >= 15 is 0 Å². The van der Waals surface area contributed by atoms with E-state index in [1.165, 1.54) is 12.8 Å². The number of carboxylic acid groups (broad SMARTS) is 1. The van der Waals surface area contributed by atoms with Crippen LogP contribution >= 0.6 is 0 Å². The molecule has 1 aromatic heterocycles. The molecule has 5 heteroatoms. The van der Waals surface area contributed by atoms with Crippen LogP contribution in [0.5, 0.6) is 0 Å². The Morgan fingerprint density at radius 3 is 2.83 bits per heavy atom. The smallest absolute Gasteiger partial charge is 0.371 e. The molecule has 1 heterocycles. The van der Waals surface area contributed by atoms with E-state index < -0.39 is 5.97 Å². The predicted molar refractivity (Wildman–Crippen MR) is 65.7 cm³/mol. The lowest BCUT2D eigenvalue weighted by molar-refractivity contribution is 0.0661. The van der Waals surface area contributed by atoms with Crippen LogP contribution in [-0.2, 0) is 11.3 Å². The zero-order valence-electron chi connectivity index (χ0n) is 10.8. The minimum atomic E-state index is -1.01. The largest absolute Gasteiger partial charge is 0.475 e. The van der Waals surface area contributed by atoms with Gasteiger partial charge in [0, 0.05) is 31.8 Å². The average Bonchev–Trinajstić information content (AvgIpc) is 3.10. The summed E-state index contributed by atoms with van der Waals surface area (Å²) in [5.41, 5.74) is 0.954. The molecule has 0 atom stereocenters. The van der Waals surface area contributed by atoms with Crippen LogP contribution in [0.2, 0.25) is 0 Å². The molecule has 0 spiro atoms. The summed E-state index contributed by atoms with van der Waals surface area (Å²) in [6.45, 7) is 4.10. The predicted octanol–water partition coefficient (Wildman–Crippen LogP) is 1.90. The van der Waals surface area contributed by atoms with E-state index in [9.17, 15) is 4.79 Å². The summed E-state index contributed by atoms with van der Waals surface area (Å²) in [5.74, 6) is -0.306. The summed E-state index contributed by atoms with van der Waals surface area (Å²) in [7, 11) is 1.69. The van der Waals surface area contributed by atoms with Crippen molar-refractivity contribution >= 4 is 5.97 Å². The second-order valence-electron chi connectivity index (χ2n) is 4.69. The highest BCUT2D eigenvalue weighted by molar-refractivity contribution is 5.84. The summed E-state index contributed by atoms with van der Waals surface area (Å²) in [5, 5.41) is 8.89. The summed E-state index contributed by atoms with van der Waals surface area (Å²) < 4.78 is 10.3. The molecule has 0 saturated heterocycles. The molecule has 0 bridgehead atoms. The fourth-order valence-electron chi connectivity index (χ4n) is 2.04. The van der Waals surface area contributed by atoms with E-state index in [0.717, 1.165) is 18.7 Å². The fourth-order valence-corrected chi connectivity index (χ4v) is 2.04. The highest BCUT2D eigenvalue weighted by Crippen LogP contribution is 2.29. The second-order valence-corrected chi connectivity index (χ2v) is 4.69. The van der Waals surface area contributed by atoms with Gasteiger partial charge in [-0.15, -0.1) is 0 Å². The van der Waals surface area contributed by atoms with Gasteiger partial charge in [0.1, 0.15) is 5.76 Å². The molecule has 1 saturated carbocycles. The number of hydrogen-bond donors (Lipinski definition) is 1. The minimum Gasteiger partial charge on any atom is -0.475 e. The van der Waals surface area contributed by atoms with Crippen LogP contribution in [0.4, 0.5) is 0 Å². The lowest BCUT2D eigenvalue weighted by Crippen LogP contribution is -2.29. The molecule has 1 aromatic rings. The van der Waals surface area contributed by atoms with Crippen LogP contribution in [0.25, 0.3) is 0 Å². The number of carbonyl (C=O) groups is 1. The van der Waals surface area contributed by atoms with Gasteiger partial charge in [0.2, 0.25) is 5.76 Å². The Bertz CT molecular complexity index is 423. The lowest BCUT2D eigenvalue weighted by atomic mass is 10.2. The lowest BCUT2D eigenvalue weighted by Gasteiger charge is -2.20. The first kappa shape index (κ1) is 13.1. The molecular weight excluding hydrogens is 234 g/mol. The van der Waals surface area contributed by atoms with Gasteiger partial charge in [0.05, 0.1) is 6.61 Å². The maximum absolute atomic E-state index is 10.8. The SMILES string of the molecule is COCCN(Cc1cc(C(=O)O)oc1C)C1CC1. The van der Waals surface area contributed by atoms with Crippen molar-refractivity contribution < 1.29 is 19.1 Å². The number of carboxylic acids is 1. The topological polar surface area (TPSA) is 62.9 Å². The van der Waals surface area contributed by atoms with Crippen molar-refractivity contribution in [1.82, 2.24) is 4.90 Å². The zero-order valence-corrected chi connectivity index (χ0v) is 10.8. The molecule has 1 fully saturated rings. The molecule has 5 nitrogen and oxygen atoms in total. The van der Waals surface area contributed by atoms with Gasteiger partial charge in [-0.1, -0.05) is 0 Å². The molecule has 0 radical (unpaired) electrons. The minimum absolute atomic E-state index is 0.0185. The summed E-state index contributed by atoms with van der Waals surface area (Å²) in [6.07, 6.45) is 2.43. The molecule has 1 aliphatic rings. The molecule has 0 aromatic carbocycles.